The highest BCUT2D eigenvalue weighted by molar-refractivity contribution is 8.01. The number of nitrogens with one attached hydrogen (secondary N) is 3. The number of carboxylic acid groups (broad SMARTS) is 3. The number of β-lactam (4-membered cyclic amide) rings is 1. The lowest BCUT2D eigenvalue weighted by Crippen LogP contribution is -2.70. The van der Waals surface area contributed by atoms with Crippen molar-refractivity contribution in [2.75, 3.05) is 16.8 Å². The van der Waals surface area contributed by atoms with Gasteiger partial charge in [0, 0.05) is 17.2 Å². The molecule has 0 bridgehead atoms. The number of benzene rings is 1. The molecule has 3 heterocycles. The number of aliphatic carboxylic acids is 3. The highest BCUT2D eigenvalue weighted by Crippen LogP contribution is 2.41. The summed E-state index contributed by atoms with van der Waals surface area (Å²) in [5, 5.41) is 38.9. The van der Waals surface area contributed by atoms with Gasteiger partial charge in [0.15, 0.2) is 6.17 Å². The van der Waals surface area contributed by atoms with E-state index in [-0.39, 0.29) is 35.3 Å². The van der Waals surface area contributed by atoms with Crippen LogP contribution in [0.1, 0.15) is 11.4 Å². The van der Waals surface area contributed by atoms with E-state index in [9.17, 15) is 29.1 Å². The molecule has 39 heavy (non-hydrogen) atoms. The standard InChI is InChI=1S/C22H23N7O8S2/c23-17(21(36)37)24-11-3-1-9(2-4-11)5-13(30)26-15-18(33)29-16(20(34)35)10(7-38-19(15)29)8-39-22-25-12(27-28-22)6-14(31)32/h1-4,15,17,19,24H,5-8,23H2,(H,26,30)(H,31,32)(H,34,35)(H,36,37)(H,25,27,28)/t15?,17?,19-/m0/s1. The van der Waals surface area contributed by atoms with Gasteiger partial charge < -0.3 is 31.7 Å². The molecule has 3 atom stereocenters. The minimum atomic E-state index is -1.28. The number of fused-ring (bicyclic) bond motifs is 1. The zero-order valence-electron chi connectivity index (χ0n) is 20.0. The third kappa shape index (κ3) is 6.50. The molecule has 2 amide bonds. The fourth-order valence-corrected chi connectivity index (χ4v) is 6.18. The highest BCUT2D eigenvalue weighted by Gasteiger charge is 2.54. The van der Waals surface area contributed by atoms with Gasteiger partial charge in [0.1, 0.15) is 29.4 Å². The molecule has 1 aromatic carbocycles. The van der Waals surface area contributed by atoms with Crippen molar-refractivity contribution < 1.29 is 39.3 Å². The Morgan fingerprint density at radius 1 is 1.18 bits per heavy atom. The minimum absolute atomic E-state index is 0.0452. The maximum atomic E-state index is 12.9. The zero-order chi connectivity index (χ0) is 28.3. The first-order valence-corrected chi connectivity index (χ1v) is 13.4. The van der Waals surface area contributed by atoms with Crippen LogP contribution in [0.5, 0.6) is 0 Å². The molecule has 206 valence electrons. The van der Waals surface area contributed by atoms with Crippen molar-refractivity contribution >= 4 is 58.9 Å². The maximum Gasteiger partial charge on any atom is 0.352 e. The molecule has 2 aliphatic rings. The summed E-state index contributed by atoms with van der Waals surface area (Å²) in [7, 11) is 0. The van der Waals surface area contributed by atoms with E-state index < -0.39 is 47.3 Å². The Bertz CT molecular complexity index is 1350. The van der Waals surface area contributed by atoms with Crippen LogP contribution >= 0.6 is 23.5 Å². The smallest absolute Gasteiger partial charge is 0.352 e. The summed E-state index contributed by atoms with van der Waals surface area (Å²) in [5.41, 5.74) is 6.84. The predicted octanol–water partition coefficient (Wildman–Crippen LogP) is -0.713. The number of aromatic nitrogens is 3. The van der Waals surface area contributed by atoms with E-state index in [0.717, 1.165) is 16.7 Å². The van der Waals surface area contributed by atoms with Gasteiger partial charge in [-0.3, -0.25) is 24.4 Å². The van der Waals surface area contributed by atoms with Crippen LogP contribution in [-0.2, 0) is 36.8 Å². The Hall–Kier alpha value is -4.09. The predicted molar refractivity (Wildman–Crippen MR) is 138 cm³/mol. The van der Waals surface area contributed by atoms with Gasteiger partial charge in [-0.1, -0.05) is 23.9 Å². The second kappa shape index (κ2) is 11.7. The molecule has 0 spiro atoms. The monoisotopic (exact) mass is 577 g/mol. The molecule has 2 aliphatic heterocycles. The van der Waals surface area contributed by atoms with E-state index in [1.807, 2.05) is 0 Å². The van der Waals surface area contributed by atoms with Crippen molar-refractivity contribution in [3.8, 4) is 0 Å². The number of nitrogens with two attached hydrogens (primary N) is 1. The van der Waals surface area contributed by atoms with Crippen molar-refractivity contribution in [1.82, 2.24) is 25.4 Å². The molecule has 1 saturated heterocycles. The van der Waals surface area contributed by atoms with Gasteiger partial charge >= 0.3 is 17.9 Å². The first-order valence-electron chi connectivity index (χ1n) is 11.3. The van der Waals surface area contributed by atoms with Gasteiger partial charge in [-0.25, -0.2) is 14.6 Å². The molecule has 8 N–H and O–H groups in total. The number of H-pyrrole nitrogens is 1. The molecule has 17 heteroatoms. The second-order valence-corrected chi connectivity index (χ2v) is 10.5. The van der Waals surface area contributed by atoms with Crippen LogP contribution in [0.15, 0.2) is 40.7 Å². The largest absolute Gasteiger partial charge is 0.481 e. The number of hydrogen-bond acceptors (Lipinski definition) is 11. The van der Waals surface area contributed by atoms with E-state index in [1.54, 1.807) is 24.3 Å². The quantitative estimate of drug-likeness (QED) is 0.0936. The number of anilines is 1. The molecule has 2 unspecified atom stereocenters. The van der Waals surface area contributed by atoms with Gasteiger partial charge in [-0.2, -0.15) is 0 Å². The molecule has 0 saturated carbocycles. The summed E-state index contributed by atoms with van der Waals surface area (Å²) >= 11 is 2.44. The SMILES string of the molecule is NC(Nc1ccc(CC(=O)NC2C(=O)N3C(C(=O)O)=C(CSc4n[nH]c(CC(=O)O)n4)CS[C@@H]23)cc1)C(=O)O. The zero-order valence-corrected chi connectivity index (χ0v) is 21.6. The summed E-state index contributed by atoms with van der Waals surface area (Å²) in [5.74, 6) is -3.88. The number of carboxylic acids is 3. The van der Waals surface area contributed by atoms with Gasteiger partial charge in [0.25, 0.3) is 5.91 Å². The summed E-state index contributed by atoms with van der Waals surface area (Å²) in [6.07, 6.45) is -1.65. The summed E-state index contributed by atoms with van der Waals surface area (Å²) in [6.45, 7) is 0. The van der Waals surface area contributed by atoms with Crippen LogP contribution in [0, 0.1) is 0 Å². The summed E-state index contributed by atoms with van der Waals surface area (Å²) < 4.78 is 0. The Morgan fingerprint density at radius 2 is 1.90 bits per heavy atom. The number of nitrogens with zero attached hydrogens (tertiary/aromatic N) is 3. The summed E-state index contributed by atoms with van der Waals surface area (Å²) in [6, 6.07) is 5.51. The number of hydrogen-bond donors (Lipinski definition) is 7. The molecule has 15 nitrogen and oxygen atoms in total. The minimum Gasteiger partial charge on any atom is -0.481 e. The van der Waals surface area contributed by atoms with E-state index >= 15 is 0 Å². The Balaban J connectivity index is 1.35. The number of carbonyl (C=O) groups excluding carboxylic acids is 2. The second-order valence-electron chi connectivity index (χ2n) is 8.47. The Labute approximate surface area is 228 Å². The third-order valence-corrected chi connectivity index (χ3v) is 7.95. The van der Waals surface area contributed by atoms with E-state index in [1.165, 1.54) is 11.8 Å². The highest BCUT2D eigenvalue weighted by atomic mass is 32.2. The van der Waals surface area contributed by atoms with Crippen LogP contribution in [-0.4, -0.2) is 94.2 Å². The van der Waals surface area contributed by atoms with Gasteiger partial charge in [0.05, 0.1) is 6.42 Å². The fraction of sp³-hybridized carbons (Fsp3) is 0.318. The van der Waals surface area contributed by atoms with Crippen LogP contribution in [0.3, 0.4) is 0 Å². The lowest BCUT2D eigenvalue weighted by molar-refractivity contribution is -0.150. The van der Waals surface area contributed by atoms with Crippen molar-refractivity contribution in [1.29, 1.82) is 0 Å². The van der Waals surface area contributed by atoms with E-state index in [0.29, 0.717) is 22.6 Å². The van der Waals surface area contributed by atoms with Crippen LogP contribution < -0.4 is 16.4 Å². The summed E-state index contributed by atoms with van der Waals surface area (Å²) in [4.78, 5) is 64.4. The average Bonchev–Trinajstić information content (AvgIpc) is 3.32. The van der Waals surface area contributed by atoms with Crippen molar-refractivity contribution in [2.24, 2.45) is 5.73 Å². The number of rotatable bonds is 12. The molecular weight excluding hydrogens is 554 g/mol. The van der Waals surface area contributed by atoms with Crippen LogP contribution in [0.2, 0.25) is 0 Å². The number of aromatic amines is 1. The number of amides is 2. The molecule has 4 rings (SSSR count). The topological polar surface area (TPSA) is 241 Å². The molecular formula is C22H23N7O8S2. The molecule has 0 radical (unpaired) electrons. The van der Waals surface area contributed by atoms with Gasteiger partial charge in [-0.05, 0) is 23.3 Å². The molecule has 2 aromatic rings. The van der Waals surface area contributed by atoms with Gasteiger partial charge in [0.2, 0.25) is 11.1 Å². The van der Waals surface area contributed by atoms with E-state index in [4.69, 9.17) is 15.9 Å². The normalized spacial score (nSPS) is 19.1. The maximum absolute atomic E-state index is 12.9. The van der Waals surface area contributed by atoms with Crippen LogP contribution in [0.4, 0.5) is 5.69 Å². The molecule has 1 fully saturated rings. The fourth-order valence-electron chi connectivity index (χ4n) is 3.88. The van der Waals surface area contributed by atoms with Crippen molar-refractivity contribution in [2.45, 2.75) is 35.6 Å². The molecule has 1 aromatic heterocycles. The van der Waals surface area contributed by atoms with Gasteiger partial charge in [-0.15, -0.1) is 16.9 Å². The molecule has 0 aliphatic carbocycles. The Morgan fingerprint density at radius 3 is 2.54 bits per heavy atom. The third-order valence-electron chi connectivity index (χ3n) is 5.68. The van der Waals surface area contributed by atoms with Crippen molar-refractivity contribution in [3.05, 3.63) is 46.9 Å². The lowest BCUT2D eigenvalue weighted by atomic mass is 10.0. The first kappa shape index (κ1) is 27.9. The lowest BCUT2D eigenvalue weighted by Gasteiger charge is -2.49. The average molecular weight is 578 g/mol. The van der Waals surface area contributed by atoms with Crippen molar-refractivity contribution in [3.63, 3.8) is 0 Å². The van der Waals surface area contributed by atoms with E-state index in [2.05, 4.69) is 25.8 Å². The number of carbonyl (C=O) groups is 5. The van der Waals surface area contributed by atoms with Crippen LogP contribution in [0.25, 0.3) is 0 Å². The first-order chi connectivity index (χ1) is 18.5. The number of thioether (sulfide) groups is 2. The Kier molecular flexibility index (Phi) is 8.41.